The largest absolute Gasteiger partial charge is 0.497 e. The molecule has 0 aliphatic rings. The number of aromatic nitrogens is 4. The summed E-state index contributed by atoms with van der Waals surface area (Å²) in [5.74, 6) is 2.23. The van der Waals surface area contributed by atoms with Crippen LogP contribution in [-0.2, 0) is 0 Å². The molecular formula is C22H18N4O3S. The molecule has 0 aliphatic carbocycles. The van der Waals surface area contributed by atoms with Crippen molar-refractivity contribution in [1.82, 2.24) is 19.9 Å². The highest BCUT2D eigenvalue weighted by Crippen LogP contribution is 2.37. The highest BCUT2D eigenvalue weighted by atomic mass is 32.1. The molecule has 3 heterocycles. The summed E-state index contributed by atoms with van der Waals surface area (Å²) >= 11 is 1.58. The molecule has 0 spiro atoms. The molecule has 5 rings (SSSR count). The normalized spacial score (nSPS) is 11.2. The molecule has 0 N–H and O–H groups in total. The maximum atomic E-state index is 5.54. The van der Waals surface area contributed by atoms with Crippen molar-refractivity contribution in [2.75, 3.05) is 14.2 Å². The van der Waals surface area contributed by atoms with E-state index >= 15 is 0 Å². The minimum Gasteiger partial charge on any atom is -0.497 e. The molecule has 0 radical (unpaired) electrons. The molecule has 0 atom stereocenters. The Morgan fingerprint density at radius 3 is 2.60 bits per heavy atom. The number of nitrogens with zero attached hydrogens (tertiary/aromatic N) is 4. The van der Waals surface area contributed by atoms with Gasteiger partial charge in [-0.25, -0.2) is 4.68 Å². The van der Waals surface area contributed by atoms with Gasteiger partial charge in [0.1, 0.15) is 16.3 Å². The van der Waals surface area contributed by atoms with Crippen molar-refractivity contribution in [3.63, 3.8) is 0 Å². The number of methoxy groups -OCH3 is 2. The van der Waals surface area contributed by atoms with E-state index in [4.69, 9.17) is 14.0 Å². The summed E-state index contributed by atoms with van der Waals surface area (Å²) in [7, 11) is 3.21. The molecule has 7 nitrogen and oxygen atoms in total. The van der Waals surface area contributed by atoms with Gasteiger partial charge in [0, 0.05) is 11.5 Å². The summed E-state index contributed by atoms with van der Waals surface area (Å²) in [6.45, 7) is 2.00. The maximum Gasteiger partial charge on any atom is 0.262 e. The average molecular weight is 418 g/mol. The Hall–Kier alpha value is -3.65. The number of rotatable bonds is 5. The molecule has 0 unspecified atom stereocenters. The molecule has 30 heavy (non-hydrogen) atoms. The van der Waals surface area contributed by atoms with Gasteiger partial charge < -0.3 is 14.0 Å². The van der Waals surface area contributed by atoms with Crippen LogP contribution in [0.2, 0.25) is 0 Å². The van der Waals surface area contributed by atoms with Crippen molar-refractivity contribution in [2.24, 2.45) is 0 Å². The molecule has 0 amide bonds. The van der Waals surface area contributed by atoms with E-state index in [9.17, 15) is 0 Å². The third-order valence-corrected chi connectivity index (χ3v) is 5.94. The van der Waals surface area contributed by atoms with Crippen LogP contribution < -0.4 is 9.47 Å². The van der Waals surface area contributed by atoms with Crippen molar-refractivity contribution < 1.29 is 14.0 Å². The second-order valence-electron chi connectivity index (χ2n) is 6.65. The molecular weight excluding hydrogens is 400 g/mol. The molecule has 3 aromatic heterocycles. The number of aryl methyl sites for hydroxylation is 1. The van der Waals surface area contributed by atoms with Crippen molar-refractivity contribution in [3.8, 4) is 39.3 Å². The number of hydrogen-bond acceptors (Lipinski definition) is 7. The molecule has 0 fully saturated rings. The first kappa shape index (κ1) is 18.4. The third-order valence-electron chi connectivity index (χ3n) is 4.83. The summed E-state index contributed by atoms with van der Waals surface area (Å²) in [6.07, 6.45) is 0. The van der Waals surface area contributed by atoms with Crippen LogP contribution in [0.5, 0.6) is 11.5 Å². The highest BCUT2D eigenvalue weighted by Gasteiger charge is 2.19. The van der Waals surface area contributed by atoms with Gasteiger partial charge in [0.25, 0.3) is 5.89 Å². The fraction of sp³-hybridized carbons (Fsp3) is 0.136. The predicted molar refractivity (Wildman–Crippen MR) is 116 cm³/mol. The average Bonchev–Trinajstić information content (AvgIpc) is 3.50. The third kappa shape index (κ3) is 3.02. The van der Waals surface area contributed by atoms with Crippen molar-refractivity contribution >= 4 is 21.6 Å². The quantitative estimate of drug-likeness (QED) is 0.394. The standard InChI is InChI=1S/C22H18N4O3S/c1-13-17-12-19(30-22(17)26(24-13)14-7-5-4-6-8-14)20-23-21(29-25-20)16-10-9-15(27-2)11-18(16)28-3/h4-12H,1-3H3. The van der Waals surface area contributed by atoms with Gasteiger partial charge in [0.05, 0.1) is 36.0 Å². The number of ether oxygens (including phenoxy) is 2. The molecule has 2 aromatic carbocycles. The van der Waals surface area contributed by atoms with E-state index in [1.165, 1.54) is 0 Å². The lowest BCUT2D eigenvalue weighted by molar-refractivity contribution is 0.391. The summed E-state index contributed by atoms with van der Waals surface area (Å²) < 4.78 is 18.2. The fourth-order valence-electron chi connectivity index (χ4n) is 3.31. The van der Waals surface area contributed by atoms with Crippen molar-refractivity contribution in [3.05, 3.63) is 60.3 Å². The Morgan fingerprint density at radius 1 is 1.00 bits per heavy atom. The first-order valence-corrected chi connectivity index (χ1v) is 10.1. The van der Waals surface area contributed by atoms with Gasteiger partial charge in [-0.15, -0.1) is 11.3 Å². The summed E-state index contributed by atoms with van der Waals surface area (Å²) in [5, 5.41) is 9.95. The molecule has 0 aliphatic heterocycles. The van der Waals surface area contributed by atoms with Crippen molar-refractivity contribution in [1.29, 1.82) is 0 Å². The summed E-state index contributed by atoms with van der Waals surface area (Å²) in [4.78, 5) is 6.56. The van der Waals surface area contributed by atoms with Crippen LogP contribution in [0.25, 0.3) is 38.1 Å². The van der Waals surface area contributed by atoms with E-state index in [1.807, 2.05) is 54.1 Å². The van der Waals surface area contributed by atoms with Crippen LogP contribution in [0.4, 0.5) is 0 Å². The van der Waals surface area contributed by atoms with Crippen LogP contribution >= 0.6 is 11.3 Å². The molecule has 0 bridgehead atoms. The van der Waals surface area contributed by atoms with Gasteiger partial charge in [-0.2, -0.15) is 10.1 Å². The van der Waals surface area contributed by atoms with E-state index in [-0.39, 0.29) is 0 Å². The van der Waals surface area contributed by atoms with E-state index in [2.05, 4.69) is 21.3 Å². The number of benzene rings is 2. The number of hydrogen-bond donors (Lipinski definition) is 0. The zero-order chi connectivity index (χ0) is 20.7. The fourth-order valence-corrected chi connectivity index (χ4v) is 4.42. The Bertz CT molecular complexity index is 1340. The number of para-hydroxylation sites is 1. The zero-order valence-electron chi connectivity index (χ0n) is 16.6. The minimum atomic E-state index is 0.392. The number of thiophene rings is 1. The highest BCUT2D eigenvalue weighted by molar-refractivity contribution is 7.21. The Morgan fingerprint density at radius 2 is 1.83 bits per heavy atom. The van der Waals surface area contributed by atoms with E-state index < -0.39 is 0 Å². The molecule has 0 saturated carbocycles. The summed E-state index contributed by atoms with van der Waals surface area (Å²) in [6, 6.07) is 17.6. The Balaban J connectivity index is 1.56. The minimum absolute atomic E-state index is 0.392. The lowest BCUT2D eigenvalue weighted by Gasteiger charge is -2.06. The SMILES string of the molecule is COc1ccc(-c2nc(-c3cc4c(C)nn(-c5ccccc5)c4s3)no2)c(OC)c1. The van der Waals surface area contributed by atoms with Crippen LogP contribution in [0.1, 0.15) is 5.69 Å². The van der Waals surface area contributed by atoms with Crippen molar-refractivity contribution in [2.45, 2.75) is 6.92 Å². The number of fused-ring (bicyclic) bond motifs is 1. The predicted octanol–water partition coefficient (Wildman–Crippen LogP) is 5.13. The van der Waals surface area contributed by atoms with E-state index in [0.717, 1.165) is 26.5 Å². The van der Waals surface area contributed by atoms with Gasteiger partial charge >= 0.3 is 0 Å². The molecule has 5 aromatic rings. The first-order chi connectivity index (χ1) is 14.7. The zero-order valence-corrected chi connectivity index (χ0v) is 17.4. The lowest BCUT2D eigenvalue weighted by atomic mass is 10.2. The first-order valence-electron chi connectivity index (χ1n) is 9.29. The molecule has 150 valence electrons. The Kier molecular flexibility index (Phi) is 4.48. The smallest absolute Gasteiger partial charge is 0.262 e. The van der Waals surface area contributed by atoms with Crippen LogP contribution in [0.3, 0.4) is 0 Å². The van der Waals surface area contributed by atoms with Crippen LogP contribution in [0, 0.1) is 6.92 Å². The lowest BCUT2D eigenvalue weighted by Crippen LogP contribution is -1.94. The molecule has 0 saturated heterocycles. The van der Waals surface area contributed by atoms with Gasteiger partial charge in [-0.1, -0.05) is 23.4 Å². The topological polar surface area (TPSA) is 75.2 Å². The van der Waals surface area contributed by atoms with E-state index in [0.29, 0.717) is 28.8 Å². The van der Waals surface area contributed by atoms with Gasteiger partial charge in [-0.05, 0) is 37.3 Å². The second-order valence-corrected chi connectivity index (χ2v) is 7.68. The van der Waals surface area contributed by atoms with Gasteiger partial charge in [-0.3, -0.25) is 0 Å². The van der Waals surface area contributed by atoms with Gasteiger partial charge in [0.15, 0.2) is 0 Å². The van der Waals surface area contributed by atoms with E-state index in [1.54, 1.807) is 31.6 Å². The maximum absolute atomic E-state index is 5.54. The van der Waals surface area contributed by atoms with Gasteiger partial charge in [0.2, 0.25) is 5.82 Å². The molecule has 8 heteroatoms. The van der Waals surface area contributed by atoms with Crippen LogP contribution in [0.15, 0.2) is 59.1 Å². The van der Waals surface area contributed by atoms with Crippen LogP contribution in [-0.4, -0.2) is 34.1 Å². The Labute approximate surface area is 176 Å². The second kappa shape index (κ2) is 7.31. The summed E-state index contributed by atoms with van der Waals surface area (Å²) in [5.41, 5.74) is 2.68. The monoisotopic (exact) mass is 418 g/mol.